The molecule has 7 heteroatoms. The molecule has 1 aromatic carbocycles. The van der Waals surface area contributed by atoms with Crippen LogP contribution in [0.5, 0.6) is 0 Å². The van der Waals surface area contributed by atoms with Gasteiger partial charge in [-0.15, -0.1) is 12.4 Å². The van der Waals surface area contributed by atoms with Crippen molar-refractivity contribution in [2.24, 2.45) is 5.92 Å². The van der Waals surface area contributed by atoms with Crippen LogP contribution in [0, 0.1) is 16.0 Å². The lowest BCUT2D eigenvalue weighted by Gasteiger charge is -2.28. The molecule has 0 saturated carbocycles. The quantitative estimate of drug-likeness (QED) is 0.622. The number of hydrogen-bond donors (Lipinski definition) is 2. The van der Waals surface area contributed by atoms with Gasteiger partial charge in [-0.1, -0.05) is 6.92 Å². The van der Waals surface area contributed by atoms with E-state index in [-0.39, 0.29) is 29.9 Å². The lowest BCUT2D eigenvalue weighted by Crippen LogP contribution is -2.45. The van der Waals surface area contributed by atoms with Gasteiger partial charge in [0, 0.05) is 24.6 Å². The van der Waals surface area contributed by atoms with E-state index < -0.39 is 10.5 Å². The summed E-state index contributed by atoms with van der Waals surface area (Å²) in [6.45, 7) is 6.19. The van der Waals surface area contributed by atoms with E-state index in [2.05, 4.69) is 10.6 Å². The molecule has 0 saturated heterocycles. The van der Waals surface area contributed by atoms with Crippen molar-refractivity contribution in [1.82, 2.24) is 10.6 Å². The molecule has 0 fully saturated rings. The first-order chi connectivity index (χ1) is 9.27. The van der Waals surface area contributed by atoms with Crippen LogP contribution in [0.2, 0.25) is 0 Å². The molecule has 118 valence electrons. The molecular weight excluding hydrogens is 294 g/mol. The van der Waals surface area contributed by atoms with E-state index in [1.165, 1.54) is 12.1 Å². The third-order valence-electron chi connectivity index (χ3n) is 3.19. The van der Waals surface area contributed by atoms with E-state index in [4.69, 9.17) is 0 Å². The molecule has 1 aromatic rings. The van der Waals surface area contributed by atoms with E-state index in [1.54, 1.807) is 19.2 Å². The average Bonchev–Trinajstić information content (AvgIpc) is 2.38. The topological polar surface area (TPSA) is 84.3 Å². The van der Waals surface area contributed by atoms with Gasteiger partial charge in [0.05, 0.1) is 10.5 Å². The summed E-state index contributed by atoms with van der Waals surface area (Å²) >= 11 is 0. The van der Waals surface area contributed by atoms with E-state index in [0.717, 1.165) is 5.56 Å². The monoisotopic (exact) mass is 315 g/mol. The molecule has 6 nitrogen and oxygen atoms in total. The Morgan fingerprint density at radius 1 is 1.33 bits per heavy atom. The van der Waals surface area contributed by atoms with Crippen LogP contribution in [0.25, 0.3) is 0 Å². The predicted molar refractivity (Wildman–Crippen MR) is 84.6 cm³/mol. The van der Waals surface area contributed by atoms with Crippen molar-refractivity contribution < 1.29 is 9.72 Å². The fraction of sp³-hybridized carbons (Fsp3) is 0.500. The summed E-state index contributed by atoms with van der Waals surface area (Å²) in [6.07, 6.45) is 0. The largest absolute Gasteiger partial charge is 0.347 e. The zero-order valence-corrected chi connectivity index (χ0v) is 13.5. The van der Waals surface area contributed by atoms with Crippen molar-refractivity contribution in [2.75, 3.05) is 13.6 Å². The summed E-state index contributed by atoms with van der Waals surface area (Å²) in [4.78, 5) is 22.2. The van der Waals surface area contributed by atoms with Crippen molar-refractivity contribution >= 4 is 24.0 Å². The number of nitrogens with zero attached hydrogens (tertiary/aromatic N) is 1. The van der Waals surface area contributed by atoms with Crippen molar-refractivity contribution in [2.45, 2.75) is 26.3 Å². The number of carbonyl (C=O) groups is 1. The number of amides is 1. The van der Waals surface area contributed by atoms with Crippen LogP contribution in [-0.2, 0) is 10.3 Å². The second-order valence-electron chi connectivity index (χ2n) is 5.38. The zero-order valence-electron chi connectivity index (χ0n) is 12.7. The van der Waals surface area contributed by atoms with Crippen LogP contribution in [0.4, 0.5) is 5.69 Å². The highest BCUT2D eigenvalue weighted by Gasteiger charge is 2.25. The Kier molecular flexibility index (Phi) is 7.32. The van der Waals surface area contributed by atoms with Gasteiger partial charge in [-0.05, 0) is 38.6 Å². The molecule has 0 heterocycles. The van der Waals surface area contributed by atoms with E-state index in [1.807, 2.05) is 20.8 Å². The number of rotatable bonds is 6. The molecule has 0 aliphatic rings. The number of benzene rings is 1. The van der Waals surface area contributed by atoms with Gasteiger partial charge in [-0.3, -0.25) is 14.9 Å². The van der Waals surface area contributed by atoms with Crippen molar-refractivity contribution in [1.29, 1.82) is 0 Å². The molecule has 2 N–H and O–H groups in total. The highest BCUT2D eigenvalue weighted by atomic mass is 35.5. The Morgan fingerprint density at radius 3 is 2.29 bits per heavy atom. The Balaban J connectivity index is 0.00000400. The number of nitrogens with one attached hydrogen (secondary N) is 2. The van der Waals surface area contributed by atoms with Crippen molar-refractivity contribution in [3.05, 3.63) is 39.9 Å². The average molecular weight is 316 g/mol. The van der Waals surface area contributed by atoms with Crippen molar-refractivity contribution in [3.63, 3.8) is 0 Å². The molecule has 21 heavy (non-hydrogen) atoms. The van der Waals surface area contributed by atoms with Crippen LogP contribution < -0.4 is 10.6 Å². The molecule has 0 radical (unpaired) electrons. The van der Waals surface area contributed by atoms with Gasteiger partial charge >= 0.3 is 0 Å². The molecule has 0 aromatic heterocycles. The third kappa shape index (κ3) is 5.32. The predicted octanol–water partition coefficient (Wildman–Crippen LogP) is 2.22. The molecular formula is C14H22ClN3O3. The molecule has 0 aliphatic heterocycles. The summed E-state index contributed by atoms with van der Waals surface area (Å²) in [5.74, 6) is -0.194. The molecule has 1 atom stereocenters. The maximum Gasteiger partial charge on any atom is 0.269 e. The second kappa shape index (κ2) is 7.95. The Labute approximate surface area is 130 Å². The maximum absolute atomic E-state index is 12.0. The minimum absolute atomic E-state index is 0. The third-order valence-corrected chi connectivity index (χ3v) is 3.19. The Hall–Kier alpha value is -1.66. The standard InChI is InChI=1S/C14H21N3O3.ClH/c1-10(9-15-4)13(18)16-14(2,3)11-5-7-12(8-6-11)17(19)20;/h5-8,10,15H,9H2,1-4H3,(H,16,18);1H. The summed E-state index contributed by atoms with van der Waals surface area (Å²) in [5, 5.41) is 16.5. The van der Waals surface area contributed by atoms with Crippen LogP contribution in [-0.4, -0.2) is 24.4 Å². The van der Waals surface area contributed by atoms with Gasteiger partial charge in [0.15, 0.2) is 0 Å². The molecule has 0 spiro atoms. The van der Waals surface area contributed by atoms with E-state index in [0.29, 0.717) is 6.54 Å². The van der Waals surface area contributed by atoms with E-state index in [9.17, 15) is 14.9 Å². The Morgan fingerprint density at radius 2 is 1.86 bits per heavy atom. The van der Waals surface area contributed by atoms with Crippen LogP contribution in [0.1, 0.15) is 26.3 Å². The number of non-ortho nitro benzene ring substituents is 1. The first-order valence-electron chi connectivity index (χ1n) is 6.49. The SMILES string of the molecule is CNCC(C)C(=O)NC(C)(C)c1ccc([N+](=O)[O-])cc1.Cl. The number of halogens is 1. The highest BCUT2D eigenvalue weighted by molar-refractivity contribution is 5.85. The number of nitro benzene ring substituents is 1. The lowest BCUT2D eigenvalue weighted by atomic mass is 9.93. The summed E-state index contributed by atoms with van der Waals surface area (Å²) in [7, 11) is 1.80. The Bertz CT molecular complexity index is 489. The first-order valence-corrected chi connectivity index (χ1v) is 6.49. The normalized spacial score (nSPS) is 12.2. The zero-order chi connectivity index (χ0) is 15.3. The van der Waals surface area contributed by atoms with Gasteiger partial charge in [0.2, 0.25) is 5.91 Å². The van der Waals surface area contributed by atoms with Gasteiger partial charge in [0.1, 0.15) is 0 Å². The van der Waals surface area contributed by atoms with Gasteiger partial charge in [-0.2, -0.15) is 0 Å². The molecule has 1 rings (SSSR count). The molecule has 0 aliphatic carbocycles. The second-order valence-corrected chi connectivity index (χ2v) is 5.38. The summed E-state index contributed by atoms with van der Waals surface area (Å²) in [5.41, 5.74) is 0.293. The molecule has 1 unspecified atom stereocenters. The first kappa shape index (κ1) is 19.3. The smallest absolute Gasteiger partial charge is 0.269 e. The summed E-state index contributed by atoms with van der Waals surface area (Å²) in [6, 6.07) is 6.23. The lowest BCUT2D eigenvalue weighted by molar-refractivity contribution is -0.384. The molecule has 1 amide bonds. The number of hydrogen-bond acceptors (Lipinski definition) is 4. The van der Waals surface area contributed by atoms with Crippen LogP contribution in [0.15, 0.2) is 24.3 Å². The number of carbonyl (C=O) groups excluding carboxylic acids is 1. The van der Waals surface area contributed by atoms with E-state index >= 15 is 0 Å². The van der Waals surface area contributed by atoms with Gasteiger partial charge in [-0.25, -0.2) is 0 Å². The molecule has 0 bridgehead atoms. The number of nitro groups is 1. The van der Waals surface area contributed by atoms with Gasteiger partial charge in [0.25, 0.3) is 5.69 Å². The van der Waals surface area contributed by atoms with Crippen LogP contribution >= 0.6 is 12.4 Å². The fourth-order valence-corrected chi connectivity index (χ4v) is 1.90. The fourth-order valence-electron chi connectivity index (χ4n) is 1.90. The van der Waals surface area contributed by atoms with Crippen molar-refractivity contribution in [3.8, 4) is 0 Å². The maximum atomic E-state index is 12.0. The van der Waals surface area contributed by atoms with Gasteiger partial charge < -0.3 is 10.6 Å². The summed E-state index contributed by atoms with van der Waals surface area (Å²) < 4.78 is 0. The highest BCUT2D eigenvalue weighted by Crippen LogP contribution is 2.23. The van der Waals surface area contributed by atoms with Crippen LogP contribution in [0.3, 0.4) is 0 Å². The minimum atomic E-state index is -0.575. The minimum Gasteiger partial charge on any atom is -0.347 e.